The zero-order chi connectivity index (χ0) is 6.85. The Labute approximate surface area is 54.3 Å². The second-order valence-electron chi connectivity index (χ2n) is 2.29. The first-order valence-corrected chi connectivity index (χ1v) is 3.20. The van der Waals surface area contributed by atoms with E-state index in [4.69, 9.17) is 5.11 Å². The van der Waals surface area contributed by atoms with E-state index in [1.54, 1.807) is 4.90 Å². The molecule has 3 heteroatoms. The van der Waals surface area contributed by atoms with Crippen molar-refractivity contribution < 1.29 is 9.90 Å². The first-order chi connectivity index (χ1) is 4.24. The summed E-state index contributed by atoms with van der Waals surface area (Å²) in [5.74, 6) is 0.0741. The highest BCUT2D eigenvalue weighted by atomic mass is 16.3. The van der Waals surface area contributed by atoms with Gasteiger partial charge in [-0.25, -0.2) is 0 Å². The molecule has 0 spiro atoms. The first kappa shape index (κ1) is 6.55. The van der Waals surface area contributed by atoms with Crippen molar-refractivity contribution in [2.24, 2.45) is 0 Å². The van der Waals surface area contributed by atoms with Gasteiger partial charge in [0.15, 0.2) is 0 Å². The van der Waals surface area contributed by atoms with Crippen molar-refractivity contribution in [3.63, 3.8) is 0 Å². The fourth-order valence-corrected chi connectivity index (χ4v) is 1.06. The number of aliphatic hydroxyl groups excluding tert-OH is 1. The number of carbonyl (C=O) groups excluding carboxylic acids is 1. The largest absolute Gasteiger partial charge is 0.391 e. The lowest BCUT2D eigenvalue weighted by Gasteiger charge is -2.10. The quantitative estimate of drug-likeness (QED) is 0.523. The molecule has 1 heterocycles. The van der Waals surface area contributed by atoms with Crippen LogP contribution >= 0.6 is 0 Å². The molecule has 1 saturated heterocycles. The maximum Gasteiger partial charge on any atom is 0.225 e. The first-order valence-electron chi connectivity index (χ1n) is 3.20. The minimum absolute atomic E-state index is 0.0741. The third-order valence-electron chi connectivity index (χ3n) is 1.58. The summed E-state index contributed by atoms with van der Waals surface area (Å²) in [4.78, 5) is 12.4. The van der Waals surface area contributed by atoms with Crippen LogP contribution in [0.5, 0.6) is 0 Å². The average molecular weight is 129 g/mol. The van der Waals surface area contributed by atoms with Gasteiger partial charge in [0.05, 0.1) is 12.5 Å². The maximum absolute atomic E-state index is 10.8. The summed E-state index contributed by atoms with van der Waals surface area (Å²) in [6.07, 6.45) is -0.106. The number of carbonyl (C=O) groups is 1. The Balaban J connectivity index is 2.48. The summed E-state index contributed by atoms with van der Waals surface area (Å²) in [6, 6.07) is 0. The summed E-state index contributed by atoms with van der Waals surface area (Å²) in [7, 11) is 0. The van der Waals surface area contributed by atoms with Gasteiger partial charge in [0.25, 0.3) is 0 Å². The van der Waals surface area contributed by atoms with Gasteiger partial charge in [-0.15, -0.1) is 0 Å². The Morgan fingerprint density at radius 1 is 1.89 bits per heavy atom. The van der Waals surface area contributed by atoms with E-state index in [0.29, 0.717) is 13.0 Å². The smallest absolute Gasteiger partial charge is 0.225 e. The summed E-state index contributed by atoms with van der Waals surface area (Å²) >= 11 is 0. The third kappa shape index (κ3) is 1.21. The maximum atomic E-state index is 10.8. The van der Waals surface area contributed by atoms with Crippen molar-refractivity contribution in [2.75, 3.05) is 13.1 Å². The molecule has 1 N–H and O–H groups in total. The van der Waals surface area contributed by atoms with Gasteiger partial charge in [0.1, 0.15) is 0 Å². The normalized spacial score (nSPS) is 27.6. The van der Waals surface area contributed by atoms with Gasteiger partial charge in [-0.1, -0.05) is 0 Å². The minimum Gasteiger partial charge on any atom is -0.391 e. The standard InChI is InChI=1S/C6H11NO2/c1-2-7-4-5(8)3-6(7)9/h5,8H,2-4H2,1H3. The molecule has 0 aromatic heterocycles. The van der Waals surface area contributed by atoms with Crippen LogP contribution in [-0.2, 0) is 4.79 Å². The second kappa shape index (κ2) is 2.35. The Kier molecular flexibility index (Phi) is 1.71. The van der Waals surface area contributed by atoms with Crippen molar-refractivity contribution >= 4 is 5.91 Å². The van der Waals surface area contributed by atoms with Gasteiger partial charge in [-0.05, 0) is 6.92 Å². The van der Waals surface area contributed by atoms with Crippen LogP contribution in [0.25, 0.3) is 0 Å². The molecule has 1 unspecified atom stereocenters. The zero-order valence-electron chi connectivity index (χ0n) is 5.50. The highest BCUT2D eigenvalue weighted by Crippen LogP contribution is 2.08. The summed E-state index contributed by atoms with van der Waals surface area (Å²) in [6.45, 7) is 3.15. The fourth-order valence-electron chi connectivity index (χ4n) is 1.06. The highest BCUT2D eigenvalue weighted by Gasteiger charge is 2.25. The van der Waals surface area contributed by atoms with Crippen LogP contribution in [0.3, 0.4) is 0 Å². The lowest BCUT2D eigenvalue weighted by molar-refractivity contribution is -0.127. The Hall–Kier alpha value is -0.570. The molecule has 1 aliphatic heterocycles. The number of hydrogen-bond donors (Lipinski definition) is 1. The topological polar surface area (TPSA) is 40.5 Å². The molecule has 0 radical (unpaired) electrons. The molecule has 0 aromatic rings. The van der Waals surface area contributed by atoms with Gasteiger partial charge in [0, 0.05) is 13.1 Å². The molecule has 1 rings (SSSR count). The van der Waals surface area contributed by atoms with Crippen LogP contribution in [0.1, 0.15) is 13.3 Å². The van der Waals surface area contributed by atoms with Gasteiger partial charge >= 0.3 is 0 Å². The van der Waals surface area contributed by atoms with E-state index in [0.717, 1.165) is 6.54 Å². The molecule has 1 aliphatic rings. The van der Waals surface area contributed by atoms with E-state index in [2.05, 4.69) is 0 Å². The number of nitrogens with zero attached hydrogens (tertiary/aromatic N) is 1. The molecular weight excluding hydrogens is 118 g/mol. The van der Waals surface area contributed by atoms with Crippen LogP contribution in [-0.4, -0.2) is 35.1 Å². The third-order valence-corrected chi connectivity index (χ3v) is 1.58. The summed E-state index contributed by atoms with van der Waals surface area (Å²) in [5.41, 5.74) is 0. The molecule has 1 amide bonds. The number of amides is 1. The molecule has 1 fully saturated rings. The molecule has 52 valence electrons. The van der Waals surface area contributed by atoms with E-state index in [9.17, 15) is 4.79 Å². The van der Waals surface area contributed by atoms with Crippen LogP contribution in [0.4, 0.5) is 0 Å². The van der Waals surface area contributed by atoms with Crippen LogP contribution in [0, 0.1) is 0 Å². The Morgan fingerprint density at radius 2 is 2.56 bits per heavy atom. The number of β-amino-alcohol motifs (C(OH)–C–C–N with tert-alkyl or cyclic N) is 1. The number of likely N-dealkylation sites (tertiary alicyclic amines) is 1. The monoisotopic (exact) mass is 129 g/mol. The van der Waals surface area contributed by atoms with Gasteiger partial charge < -0.3 is 10.0 Å². The van der Waals surface area contributed by atoms with Gasteiger partial charge in [-0.3, -0.25) is 4.79 Å². The van der Waals surface area contributed by atoms with E-state index < -0.39 is 6.10 Å². The predicted octanol–water partition coefficient (Wildman–Crippen LogP) is -0.401. The molecule has 0 aromatic carbocycles. The second-order valence-corrected chi connectivity index (χ2v) is 2.29. The SMILES string of the molecule is CCN1CC(O)CC1=O. The number of rotatable bonds is 1. The molecule has 0 bridgehead atoms. The summed E-state index contributed by atoms with van der Waals surface area (Å²) < 4.78 is 0. The minimum atomic E-state index is -0.419. The highest BCUT2D eigenvalue weighted by molar-refractivity contribution is 5.78. The van der Waals surface area contributed by atoms with Crippen LogP contribution < -0.4 is 0 Å². The van der Waals surface area contributed by atoms with Crippen molar-refractivity contribution in [1.82, 2.24) is 4.90 Å². The number of hydrogen-bond acceptors (Lipinski definition) is 2. The van der Waals surface area contributed by atoms with Gasteiger partial charge in [-0.2, -0.15) is 0 Å². The van der Waals surface area contributed by atoms with Crippen LogP contribution in [0.15, 0.2) is 0 Å². The Morgan fingerprint density at radius 3 is 2.78 bits per heavy atom. The molecule has 3 nitrogen and oxygen atoms in total. The molecule has 1 atom stereocenters. The fraction of sp³-hybridized carbons (Fsp3) is 0.833. The zero-order valence-corrected chi connectivity index (χ0v) is 5.50. The predicted molar refractivity (Wildman–Crippen MR) is 32.9 cm³/mol. The summed E-state index contributed by atoms with van der Waals surface area (Å²) in [5, 5.41) is 8.94. The van der Waals surface area contributed by atoms with Gasteiger partial charge in [0.2, 0.25) is 5.91 Å². The van der Waals surface area contributed by atoms with Crippen molar-refractivity contribution in [1.29, 1.82) is 0 Å². The van der Waals surface area contributed by atoms with Crippen molar-refractivity contribution in [3.8, 4) is 0 Å². The van der Waals surface area contributed by atoms with E-state index in [-0.39, 0.29) is 5.91 Å². The van der Waals surface area contributed by atoms with Crippen molar-refractivity contribution in [3.05, 3.63) is 0 Å². The lowest BCUT2D eigenvalue weighted by atomic mass is 10.3. The Bertz CT molecular complexity index is 124. The number of likely N-dealkylation sites (N-methyl/N-ethyl adjacent to an activating group) is 1. The average Bonchev–Trinajstić information content (AvgIpc) is 2.10. The number of aliphatic hydroxyl groups is 1. The van der Waals surface area contributed by atoms with E-state index in [1.807, 2.05) is 6.92 Å². The molecule has 0 saturated carbocycles. The van der Waals surface area contributed by atoms with E-state index in [1.165, 1.54) is 0 Å². The molecule has 9 heavy (non-hydrogen) atoms. The van der Waals surface area contributed by atoms with E-state index >= 15 is 0 Å². The van der Waals surface area contributed by atoms with Crippen molar-refractivity contribution in [2.45, 2.75) is 19.4 Å². The van der Waals surface area contributed by atoms with Crippen LogP contribution in [0.2, 0.25) is 0 Å². The lowest BCUT2D eigenvalue weighted by Crippen LogP contribution is -2.25. The molecule has 0 aliphatic carbocycles. The molecular formula is C6H11NO2.